The Morgan fingerprint density at radius 1 is 1.47 bits per heavy atom. The highest BCUT2D eigenvalue weighted by Gasteiger charge is 2.32. The lowest BCUT2D eigenvalue weighted by Crippen LogP contribution is -2.21. The summed E-state index contributed by atoms with van der Waals surface area (Å²) in [5.41, 5.74) is 1.13. The van der Waals surface area contributed by atoms with Crippen LogP contribution in [-0.2, 0) is 6.42 Å². The summed E-state index contributed by atoms with van der Waals surface area (Å²) < 4.78 is 0. The van der Waals surface area contributed by atoms with Gasteiger partial charge in [0.15, 0.2) is 0 Å². The molecule has 0 amide bonds. The van der Waals surface area contributed by atoms with Crippen molar-refractivity contribution in [3.63, 3.8) is 0 Å². The summed E-state index contributed by atoms with van der Waals surface area (Å²) in [5.74, 6) is 1.17. The highest BCUT2D eigenvalue weighted by molar-refractivity contribution is 6.30. The molecule has 1 aliphatic rings. The molecule has 2 heteroatoms. The van der Waals surface area contributed by atoms with Gasteiger partial charge in [-0.15, -0.1) is 0 Å². The van der Waals surface area contributed by atoms with Crippen molar-refractivity contribution in [2.45, 2.75) is 32.3 Å². The van der Waals surface area contributed by atoms with Crippen molar-refractivity contribution in [3.8, 4) is 0 Å². The summed E-state index contributed by atoms with van der Waals surface area (Å²) in [5, 5.41) is 10.8. The van der Waals surface area contributed by atoms with E-state index < -0.39 is 0 Å². The van der Waals surface area contributed by atoms with Gasteiger partial charge in [-0.25, -0.2) is 0 Å². The molecule has 15 heavy (non-hydrogen) atoms. The Labute approximate surface area is 96.1 Å². The highest BCUT2D eigenvalue weighted by Crippen LogP contribution is 2.38. The van der Waals surface area contributed by atoms with Crippen LogP contribution in [-0.4, -0.2) is 11.2 Å². The van der Waals surface area contributed by atoms with Gasteiger partial charge in [0.1, 0.15) is 0 Å². The van der Waals surface area contributed by atoms with Crippen LogP contribution in [0.4, 0.5) is 0 Å². The van der Waals surface area contributed by atoms with E-state index in [9.17, 15) is 5.11 Å². The lowest BCUT2D eigenvalue weighted by Gasteiger charge is -2.18. The Bertz CT molecular complexity index is 333. The minimum atomic E-state index is -0.226. The molecule has 1 aromatic rings. The van der Waals surface area contributed by atoms with Crippen LogP contribution >= 0.6 is 11.6 Å². The lowest BCUT2D eigenvalue weighted by molar-refractivity contribution is 0.105. The van der Waals surface area contributed by atoms with E-state index in [1.54, 1.807) is 0 Å². The van der Waals surface area contributed by atoms with Crippen LogP contribution in [0, 0.1) is 11.8 Å². The number of aliphatic hydroxyl groups is 1. The molecule has 2 rings (SSSR count). The van der Waals surface area contributed by atoms with Crippen molar-refractivity contribution in [1.29, 1.82) is 0 Å². The Hall–Kier alpha value is -0.530. The molecule has 0 heterocycles. The van der Waals surface area contributed by atoms with Gasteiger partial charge in [-0.05, 0) is 48.8 Å². The maximum absolute atomic E-state index is 10.0. The Kier molecular flexibility index (Phi) is 3.32. The third kappa shape index (κ3) is 2.96. The maximum Gasteiger partial charge on any atom is 0.0608 e. The molecule has 1 aliphatic carbocycles. The second-order valence-electron chi connectivity index (χ2n) is 4.60. The van der Waals surface area contributed by atoms with E-state index in [1.807, 2.05) is 24.3 Å². The van der Waals surface area contributed by atoms with Crippen molar-refractivity contribution in [2.24, 2.45) is 11.8 Å². The first-order chi connectivity index (χ1) is 7.16. The van der Waals surface area contributed by atoms with Crippen LogP contribution < -0.4 is 0 Å². The third-order valence-corrected chi connectivity index (χ3v) is 3.54. The molecule has 1 saturated carbocycles. The van der Waals surface area contributed by atoms with Crippen molar-refractivity contribution in [2.75, 3.05) is 0 Å². The Balaban J connectivity index is 1.95. The molecule has 2 atom stereocenters. The van der Waals surface area contributed by atoms with Gasteiger partial charge in [-0.1, -0.05) is 30.7 Å². The number of hydrogen-bond donors (Lipinski definition) is 1. The zero-order valence-corrected chi connectivity index (χ0v) is 9.74. The molecule has 0 bridgehead atoms. The van der Waals surface area contributed by atoms with Crippen LogP contribution in [0.1, 0.15) is 25.3 Å². The highest BCUT2D eigenvalue weighted by atomic mass is 35.5. The predicted octanol–water partition coefficient (Wildman–Crippen LogP) is 3.29. The van der Waals surface area contributed by atoms with Gasteiger partial charge in [-0.3, -0.25) is 0 Å². The van der Waals surface area contributed by atoms with E-state index in [4.69, 9.17) is 11.6 Å². The van der Waals surface area contributed by atoms with Crippen molar-refractivity contribution < 1.29 is 5.11 Å². The number of hydrogen-bond acceptors (Lipinski definition) is 1. The van der Waals surface area contributed by atoms with E-state index in [2.05, 4.69) is 6.92 Å². The van der Waals surface area contributed by atoms with Crippen LogP contribution in [0.15, 0.2) is 24.3 Å². The quantitative estimate of drug-likeness (QED) is 0.832. The molecule has 0 spiro atoms. The molecule has 0 aromatic heterocycles. The molecule has 1 aromatic carbocycles. The molecule has 1 fully saturated rings. The van der Waals surface area contributed by atoms with E-state index >= 15 is 0 Å². The van der Waals surface area contributed by atoms with E-state index in [0.717, 1.165) is 22.9 Å². The van der Waals surface area contributed by atoms with Crippen molar-refractivity contribution in [3.05, 3.63) is 34.9 Å². The molecule has 82 valence electrons. The van der Waals surface area contributed by atoms with E-state index in [-0.39, 0.29) is 6.10 Å². The van der Waals surface area contributed by atoms with Crippen molar-refractivity contribution in [1.82, 2.24) is 0 Å². The Morgan fingerprint density at radius 3 is 2.80 bits per heavy atom. The number of aliphatic hydroxyl groups excluding tert-OH is 1. The summed E-state index contributed by atoms with van der Waals surface area (Å²) in [4.78, 5) is 0. The lowest BCUT2D eigenvalue weighted by atomic mass is 9.94. The molecular formula is C13H17ClO. The van der Waals surface area contributed by atoms with Crippen molar-refractivity contribution >= 4 is 11.6 Å². The maximum atomic E-state index is 10.0. The van der Waals surface area contributed by atoms with Gasteiger partial charge in [0.2, 0.25) is 0 Å². The largest absolute Gasteiger partial charge is 0.392 e. The average molecular weight is 225 g/mol. The minimum absolute atomic E-state index is 0.226. The first-order valence-corrected chi connectivity index (χ1v) is 5.97. The van der Waals surface area contributed by atoms with Gasteiger partial charge in [0.25, 0.3) is 0 Å². The SMILES string of the molecule is CC(C(O)Cc1cccc(Cl)c1)C1CC1. The zero-order valence-electron chi connectivity index (χ0n) is 8.99. The fourth-order valence-corrected chi connectivity index (χ4v) is 2.24. The van der Waals surface area contributed by atoms with Crippen LogP contribution in [0.2, 0.25) is 5.02 Å². The third-order valence-electron chi connectivity index (χ3n) is 3.31. The fourth-order valence-electron chi connectivity index (χ4n) is 2.03. The molecule has 1 nitrogen and oxygen atoms in total. The standard InChI is InChI=1S/C13H17ClO/c1-9(11-5-6-11)13(15)8-10-3-2-4-12(14)7-10/h2-4,7,9,11,13,15H,5-6,8H2,1H3. The first kappa shape index (κ1) is 11.0. The normalized spacial score (nSPS) is 19.9. The molecular weight excluding hydrogens is 208 g/mol. The fraction of sp³-hybridized carbons (Fsp3) is 0.538. The number of halogens is 1. The summed E-state index contributed by atoms with van der Waals surface area (Å²) in [6, 6.07) is 7.76. The van der Waals surface area contributed by atoms with Gasteiger partial charge >= 0.3 is 0 Å². The molecule has 0 radical (unpaired) electrons. The van der Waals surface area contributed by atoms with Gasteiger partial charge in [0, 0.05) is 5.02 Å². The number of benzene rings is 1. The molecule has 0 saturated heterocycles. The Morgan fingerprint density at radius 2 is 2.20 bits per heavy atom. The average Bonchev–Trinajstić information content (AvgIpc) is 2.99. The van der Waals surface area contributed by atoms with Crippen LogP contribution in [0.5, 0.6) is 0 Å². The second kappa shape index (κ2) is 4.54. The topological polar surface area (TPSA) is 20.2 Å². The van der Waals surface area contributed by atoms with E-state index in [1.165, 1.54) is 12.8 Å². The van der Waals surface area contributed by atoms with E-state index in [0.29, 0.717) is 5.92 Å². The number of rotatable bonds is 4. The summed E-state index contributed by atoms with van der Waals surface area (Å²) in [7, 11) is 0. The smallest absolute Gasteiger partial charge is 0.0608 e. The summed E-state index contributed by atoms with van der Waals surface area (Å²) in [6.45, 7) is 2.15. The minimum Gasteiger partial charge on any atom is -0.392 e. The van der Waals surface area contributed by atoms with Gasteiger partial charge < -0.3 is 5.11 Å². The van der Waals surface area contributed by atoms with Gasteiger partial charge in [0.05, 0.1) is 6.10 Å². The predicted molar refractivity (Wildman–Crippen MR) is 63.1 cm³/mol. The molecule has 2 unspecified atom stereocenters. The first-order valence-electron chi connectivity index (χ1n) is 5.59. The molecule has 1 N–H and O–H groups in total. The zero-order chi connectivity index (χ0) is 10.8. The van der Waals surface area contributed by atoms with Crippen LogP contribution in [0.3, 0.4) is 0 Å². The van der Waals surface area contributed by atoms with Crippen LogP contribution in [0.25, 0.3) is 0 Å². The monoisotopic (exact) mass is 224 g/mol. The van der Waals surface area contributed by atoms with Gasteiger partial charge in [-0.2, -0.15) is 0 Å². The second-order valence-corrected chi connectivity index (χ2v) is 5.03. The summed E-state index contributed by atoms with van der Waals surface area (Å²) in [6.07, 6.45) is 3.07. The summed E-state index contributed by atoms with van der Waals surface area (Å²) >= 11 is 5.90. The molecule has 0 aliphatic heterocycles.